The van der Waals surface area contributed by atoms with Gasteiger partial charge in [0.05, 0.1) is 18.8 Å². The van der Waals surface area contributed by atoms with Crippen LogP contribution >= 0.6 is 0 Å². The van der Waals surface area contributed by atoms with Crippen molar-refractivity contribution < 1.29 is 9.84 Å². The average molecular weight is 468 g/mol. The van der Waals surface area contributed by atoms with E-state index >= 15 is 0 Å². The highest BCUT2D eigenvalue weighted by Crippen LogP contribution is 2.30. The van der Waals surface area contributed by atoms with Crippen LogP contribution in [-0.2, 0) is 11.2 Å². The molecule has 0 aliphatic carbocycles. The van der Waals surface area contributed by atoms with Gasteiger partial charge >= 0.3 is 0 Å². The highest BCUT2D eigenvalue weighted by molar-refractivity contribution is 5.83. The summed E-state index contributed by atoms with van der Waals surface area (Å²) in [6, 6.07) is 31.9. The van der Waals surface area contributed by atoms with E-state index in [1.54, 1.807) is 0 Å². The Kier molecular flexibility index (Phi) is 8.02. The average Bonchev–Trinajstić information content (AvgIpc) is 2.86. The van der Waals surface area contributed by atoms with Crippen molar-refractivity contribution in [3.63, 3.8) is 0 Å². The molecule has 2 atom stereocenters. The lowest BCUT2D eigenvalue weighted by Gasteiger charge is -2.28. The molecule has 0 heterocycles. The van der Waals surface area contributed by atoms with Gasteiger partial charge in [-0.1, -0.05) is 96.6 Å². The lowest BCUT2D eigenvalue weighted by molar-refractivity contribution is -0.00397. The number of benzene rings is 4. The molecule has 0 saturated heterocycles. The van der Waals surface area contributed by atoms with Crippen LogP contribution in [0, 0.1) is 6.92 Å². The normalized spacial score (nSPS) is 13.6. The molecule has 0 fully saturated rings. The Hall–Kier alpha value is -2.98. The van der Waals surface area contributed by atoms with Crippen LogP contribution in [0.2, 0.25) is 0 Å². The fraction of sp³-hybridized carbons (Fsp3) is 0.312. The van der Waals surface area contributed by atoms with Gasteiger partial charge < -0.3 is 15.2 Å². The highest BCUT2D eigenvalue weighted by Gasteiger charge is 2.20. The van der Waals surface area contributed by atoms with Crippen molar-refractivity contribution >= 4 is 10.8 Å². The van der Waals surface area contributed by atoms with Gasteiger partial charge in [-0.25, -0.2) is 0 Å². The molecule has 0 amide bonds. The zero-order valence-corrected chi connectivity index (χ0v) is 21.3. The van der Waals surface area contributed by atoms with Crippen molar-refractivity contribution in [3.05, 3.63) is 108 Å². The van der Waals surface area contributed by atoms with Gasteiger partial charge in [-0.2, -0.15) is 0 Å². The van der Waals surface area contributed by atoms with Crippen molar-refractivity contribution in [2.24, 2.45) is 0 Å². The number of aryl methyl sites for hydroxylation is 1. The van der Waals surface area contributed by atoms with E-state index in [1.165, 1.54) is 33.0 Å². The molecular weight excluding hydrogens is 430 g/mol. The Bertz CT molecular complexity index is 1260. The van der Waals surface area contributed by atoms with E-state index in [4.69, 9.17) is 4.74 Å². The Morgan fingerprint density at radius 2 is 1.60 bits per heavy atom. The Morgan fingerprint density at radius 1 is 0.857 bits per heavy atom. The first kappa shape index (κ1) is 25.1. The quantitative estimate of drug-likeness (QED) is 0.268. The topological polar surface area (TPSA) is 41.5 Å². The van der Waals surface area contributed by atoms with Gasteiger partial charge in [0, 0.05) is 12.1 Å². The van der Waals surface area contributed by atoms with Gasteiger partial charge in [0.1, 0.15) is 0 Å². The maximum Gasteiger partial charge on any atom is 0.0898 e. The second kappa shape index (κ2) is 11.2. The lowest BCUT2D eigenvalue weighted by atomic mass is 9.93. The number of aliphatic hydroxyl groups is 1. The van der Waals surface area contributed by atoms with Crippen molar-refractivity contribution in [2.75, 3.05) is 13.2 Å². The molecule has 0 aromatic heterocycles. The summed E-state index contributed by atoms with van der Waals surface area (Å²) in [5, 5.41) is 16.7. The number of aliphatic hydroxyl groups excluding tert-OH is 1. The summed E-state index contributed by atoms with van der Waals surface area (Å²) in [4.78, 5) is 0. The van der Waals surface area contributed by atoms with E-state index in [-0.39, 0.29) is 18.2 Å². The second-order valence-electron chi connectivity index (χ2n) is 10.2. The number of ether oxygens (including phenoxy) is 1. The molecule has 0 aliphatic rings. The number of nitrogens with one attached hydrogen (secondary N) is 1. The van der Waals surface area contributed by atoms with E-state index in [0.29, 0.717) is 6.54 Å². The predicted octanol–water partition coefficient (Wildman–Crippen LogP) is 6.86. The van der Waals surface area contributed by atoms with E-state index in [1.807, 2.05) is 6.07 Å². The molecule has 1 unspecified atom stereocenters. The van der Waals surface area contributed by atoms with Crippen LogP contribution in [0.15, 0.2) is 91.0 Å². The smallest absolute Gasteiger partial charge is 0.0898 e. The van der Waals surface area contributed by atoms with Crippen molar-refractivity contribution in [1.82, 2.24) is 5.32 Å². The summed E-state index contributed by atoms with van der Waals surface area (Å²) in [6.45, 7) is 9.28. The second-order valence-corrected chi connectivity index (χ2v) is 10.2. The van der Waals surface area contributed by atoms with Crippen LogP contribution in [0.3, 0.4) is 0 Å². The van der Waals surface area contributed by atoms with Gasteiger partial charge in [0.15, 0.2) is 0 Å². The van der Waals surface area contributed by atoms with Gasteiger partial charge in [-0.05, 0) is 67.1 Å². The number of hydrogen-bond donors (Lipinski definition) is 2. The summed E-state index contributed by atoms with van der Waals surface area (Å²) >= 11 is 0. The van der Waals surface area contributed by atoms with Gasteiger partial charge in [-0.15, -0.1) is 0 Å². The van der Waals surface area contributed by atoms with Crippen molar-refractivity contribution in [3.8, 4) is 11.1 Å². The first-order valence-electron chi connectivity index (χ1n) is 12.5. The number of β-amino-alcohol motifs (C(OH)–C–C–N with tert-alkyl or cyclic N) is 1. The fourth-order valence-corrected chi connectivity index (χ4v) is 4.65. The molecule has 0 aliphatic heterocycles. The third-order valence-corrected chi connectivity index (χ3v) is 6.54. The Labute approximate surface area is 209 Å². The zero-order chi connectivity index (χ0) is 24.8. The Morgan fingerprint density at radius 3 is 2.40 bits per heavy atom. The van der Waals surface area contributed by atoms with Gasteiger partial charge in [0.25, 0.3) is 0 Å². The lowest BCUT2D eigenvalue weighted by Crippen LogP contribution is -2.46. The van der Waals surface area contributed by atoms with Gasteiger partial charge in [-0.3, -0.25) is 0 Å². The standard InChI is InChI=1S/C32H37NO2/c1-23-10-9-13-28(18-23)31-15-8-7-14-30(31)24(2)35-22-29(34)21-33-32(3,4)20-25-16-17-26-11-5-6-12-27(26)19-25/h5-19,24,29,33-34H,20-22H2,1-4H3/t24?,29-/m1/s1. The minimum atomic E-state index is -0.584. The molecule has 0 radical (unpaired) electrons. The molecule has 35 heavy (non-hydrogen) atoms. The SMILES string of the molecule is Cc1cccc(-c2ccccc2C(C)OC[C@H](O)CNC(C)(C)Cc2ccc3ccccc3c2)c1. The van der Waals surface area contributed by atoms with Crippen LogP contribution in [0.1, 0.15) is 43.6 Å². The van der Waals surface area contributed by atoms with Gasteiger partial charge in [0.2, 0.25) is 0 Å². The summed E-state index contributed by atoms with van der Waals surface area (Å²) in [7, 11) is 0. The monoisotopic (exact) mass is 467 g/mol. The van der Waals surface area contributed by atoms with E-state index in [0.717, 1.165) is 12.0 Å². The summed E-state index contributed by atoms with van der Waals surface area (Å²) in [6.07, 6.45) is 0.178. The first-order chi connectivity index (χ1) is 16.8. The van der Waals surface area contributed by atoms with Crippen LogP contribution in [0.4, 0.5) is 0 Å². The van der Waals surface area contributed by atoms with Crippen LogP contribution in [0.25, 0.3) is 21.9 Å². The largest absolute Gasteiger partial charge is 0.389 e. The molecule has 0 saturated carbocycles. The maximum absolute atomic E-state index is 10.7. The molecule has 4 aromatic carbocycles. The predicted molar refractivity (Wildman–Crippen MR) is 147 cm³/mol. The molecule has 4 aromatic rings. The molecule has 2 N–H and O–H groups in total. The number of hydrogen-bond acceptors (Lipinski definition) is 3. The van der Waals surface area contributed by atoms with E-state index < -0.39 is 6.10 Å². The minimum Gasteiger partial charge on any atom is -0.389 e. The summed E-state index contributed by atoms with van der Waals surface area (Å²) in [5.74, 6) is 0. The minimum absolute atomic E-state index is 0.119. The van der Waals surface area contributed by atoms with Crippen molar-refractivity contribution in [2.45, 2.75) is 51.9 Å². The first-order valence-corrected chi connectivity index (χ1v) is 12.5. The number of rotatable bonds is 10. The molecule has 4 rings (SSSR count). The molecule has 0 bridgehead atoms. The highest BCUT2D eigenvalue weighted by atomic mass is 16.5. The zero-order valence-electron chi connectivity index (χ0n) is 21.3. The molecule has 182 valence electrons. The third kappa shape index (κ3) is 6.79. The maximum atomic E-state index is 10.7. The van der Waals surface area contributed by atoms with E-state index in [2.05, 4.69) is 118 Å². The number of fused-ring (bicyclic) bond motifs is 1. The fourth-order valence-electron chi connectivity index (χ4n) is 4.65. The third-order valence-electron chi connectivity index (χ3n) is 6.54. The van der Waals surface area contributed by atoms with Crippen molar-refractivity contribution in [1.29, 1.82) is 0 Å². The molecule has 0 spiro atoms. The molecular formula is C32H37NO2. The van der Waals surface area contributed by atoms with Crippen LogP contribution in [0.5, 0.6) is 0 Å². The molecule has 3 nitrogen and oxygen atoms in total. The van der Waals surface area contributed by atoms with E-state index in [9.17, 15) is 5.11 Å². The summed E-state index contributed by atoms with van der Waals surface area (Å²) < 4.78 is 6.12. The summed E-state index contributed by atoms with van der Waals surface area (Å²) in [5.41, 5.74) is 5.87. The Balaban J connectivity index is 1.31. The molecule has 3 heteroatoms. The van der Waals surface area contributed by atoms with Crippen LogP contribution in [-0.4, -0.2) is 29.9 Å². The van der Waals surface area contributed by atoms with Crippen LogP contribution < -0.4 is 5.32 Å².